The fourth-order valence-corrected chi connectivity index (χ4v) is 2.08. The van der Waals surface area contributed by atoms with E-state index in [9.17, 15) is 0 Å². The van der Waals surface area contributed by atoms with Crippen molar-refractivity contribution >= 4 is 0 Å². The molecule has 0 aliphatic carbocycles. The maximum Gasteiger partial charge on any atom is 0.000772 e. The van der Waals surface area contributed by atoms with Gasteiger partial charge in [-0.25, -0.2) is 0 Å². The zero-order valence-electron chi connectivity index (χ0n) is 11.7. The number of hydrogen-bond donors (Lipinski definition) is 1. The third-order valence-corrected chi connectivity index (χ3v) is 3.80. The maximum absolute atomic E-state index is 3.62. The Labute approximate surface area is 97.0 Å². The van der Waals surface area contributed by atoms with E-state index in [-0.39, 0.29) is 0 Å². The second-order valence-corrected chi connectivity index (χ2v) is 5.72. The molecule has 0 rings (SSSR count). The van der Waals surface area contributed by atoms with Gasteiger partial charge in [-0.2, -0.15) is 0 Å². The summed E-state index contributed by atoms with van der Waals surface area (Å²) in [6, 6.07) is 0. The minimum absolute atomic E-state index is 0.477. The molecule has 0 spiro atoms. The van der Waals surface area contributed by atoms with Gasteiger partial charge in [-0.3, -0.25) is 0 Å². The molecule has 92 valence electrons. The average molecular weight is 213 g/mol. The molecule has 2 atom stereocenters. The van der Waals surface area contributed by atoms with Gasteiger partial charge < -0.3 is 5.32 Å². The predicted octanol–water partition coefficient (Wildman–Crippen LogP) is 4.08. The van der Waals surface area contributed by atoms with Gasteiger partial charge >= 0.3 is 0 Å². The third kappa shape index (κ3) is 5.55. The molecule has 0 saturated heterocycles. The normalized spacial score (nSPS) is 17.8. The molecule has 0 bridgehead atoms. The van der Waals surface area contributed by atoms with Crippen molar-refractivity contribution in [3.8, 4) is 0 Å². The van der Waals surface area contributed by atoms with Crippen LogP contribution in [0, 0.1) is 17.3 Å². The first-order chi connectivity index (χ1) is 6.96. The molecule has 1 N–H and O–H groups in total. The van der Waals surface area contributed by atoms with Crippen molar-refractivity contribution in [2.45, 2.75) is 60.8 Å². The summed E-state index contributed by atoms with van der Waals surface area (Å²) in [5, 5.41) is 3.62. The molecule has 0 aliphatic rings. The van der Waals surface area contributed by atoms with Crippen molar-refractivity contribution in [1.29, 1.82) is 0 Å². The van der Waals surface area contributed by atoms with E-state index in [1.54, 1.807) is 0 Å². The van der Waals surface area contributed by atoms with Crippen LogP contribution >= 0.6 is 0 Å². The summed E-state index contributed by atoms with van der Waals surface area (Å²) in [4.78, 5) is 0. The first-order valence-electron chi connectivity index (χ1n) is 6.67. The van der Waals surface area contributed by atoms with Gasteiger partial charge in [0.05, 0.1) is 0 Å². The zero-order valence-corrected chi connectivity index (χ0v) is 11.7. The molecular formula is C14H31N. The molecule has 0 aromatic carbocycles. The Bertz CT molecular complexity index is 153. The second kappa shape index (κ2) is 7.27. The van der Waals surface area contributed by atoms with Crippen LogP contribution in [0.15, 0.2) is 0 Å². The minimum Gasteiger partial charge on any atom is -0.316 e. The number of nitrogens with one attached hydrogen (secondary N) is 1. The van der Waals surface area contributed by atoms with E-state index in [0.29, 0.717) is 5.41 Å². The van der Waals surface area contributed by atoms with Crippen molar-refractivity contribution in [2.24, 2.45) is 17.3 Å². The molecule has 0 aromatic heterocycles. The zero-order chi connectivity index (χ0) is 11.9. The average Bonchev–Trinajstić information content (AvgIpc) is 2.17. The van der Waals surface area contributed by atoms with Crippen molar-refractivity contribution in [3.63, 3.8) is 0 Å². The Kier molecular flexibility index (Phi) is 7.25. The standard InChI is InChI=1S/C14H31N/c1-7-9-13(5)14(6,8-2)11-15-10-12(3)4/h12-13,15H,7-11H2,1-6H3. The highest BCUT2D eigenvalue weighted by atomic mass is 14.9. The summed E-state index contributed by atoms with van der Waals surface area (Å²) in [7, 11) is 0. The van der Waals surface area contributed by atoms with E-state index in [4.69, 9.17) is 0 Å². The summed E-state index contributed by atoms with van der Waals surface area (Å²) in [5.74, 6) is 1.58. The molecule has 15 heavy (non-hydrogen) atoms. The fraction of sp³-hybridized carbons (Fsp3) is 1.00. The van der Waals surface area contributed by atoms with Gasteiger partial charge in [0.15, 0.2) is 0 Å². The van der Waals surface area contributed by atoms with E-state index in [1.807, 2.05) is 0 Å². The quantitative estimate of drug-likeness (QED) is 0.640. The summed E-state index contributed by atoms with van der Waals surface area (Å²) in [5.41, 5.74) is 0.477. The first kappa shape index (κ1) is 15.0. The molecule has 0 saturated carbocycles. The van der Waals surface area contributed by atoms with Crippen LogP contribution in [0.25, 0.3) is 0 Å². The van der Waals surface area contributed by atoms with Crippen LogP contribution in [-0.2, 0) is 0 Å². The van der Waals surface area contributed by atoms with Gasteiger partial charge in [0.1, 0.15) is 0 Å². The lowest BCUT2D eigenvalue weighted by molar-refractivity contribution is 0.172. The highest BCUT2D eigenvalue weighted by Crippen LogP contribution is 2.33. The minimum atomic E-state index is 0.477. The molecule has 0 amide bonds. The Hall–Kier alpha value is -0.0400. The highest BCUT2D eigenvalue weighted by molar-refractivity contribution is 4.81. The van der Waals surface area contributed by atoms with E-state index >= 15 is 0 Å². The molecule has 0 heterocycles. The molecule has 2 unspecified atom stereocenters. The lowest BCUT2D eigenvalue weighted by atomic mass is 9.74. The molecular weight excluding hydrogens is 182 g/mol. The number of rotatable bonds is 8. The first-order valence-corrected chi connectivity index (χ1v) is 6.67. The number of hydrogen-bond acceptors (Lipinski definition) is 1. The second-order valence-electron chi connectivity index (χ2n) is 5.72. The summed E-state index contributed by atoms with van der Waals surface area (Å²) in [6.45, 7) is 16.3. The topological polar surface area (TPSA) is 12.0 Å². The van der Waals surface area contributed by atoms with E-state index in [0.717, 1.165) is 18.4 Å². The van der Waals surface area contributed by atoms with Gasteiger partial charge in [0, 0.05) is 6.54 Å². The largest absolute Gasteiger partial charge is 0.316 e. The molecule has 0 aromatic rings. The smallest absolute Gasteiger partial charge is 0.000772 e. The van der Waals surface area contributed by atoms with Crippen LogP contribution in [0.2, 0.25) is 0 Å². The molecule has 0 radical (unpaired) electrons. The SMILES string of the molecule is CCCC(C)C(C)(CC)CNCC(C)C. The van der Waals surface area contributed by atoms with Gasteiger partial charge in [-0.05, 0) is 30.2 Å². The highest BCUT2D eigenvalue weighted by Gasteiger charge is 2.28. The van der Waals surface area contributed by atoms with E-state index in [1.165, 1.54) is 25.8 Å². The van der Waals surface area contributed by atoms with Gasteiger partial charge in [-0.1, -0.05) is 54.4 Å². The van der Waals surface area contributed by atoms with Gasteiger partial charge in [0.25, 0.3) is 0 Å². The lowest BCUT2D eigenvalue weighted by Crippen LogP contribution is -2.38. The Balaban J connectivity index is 4.05. The molecule has 1 heteroatoms. The van der Waals surface area contributed by atoms with Crippen LogP contribution in [-0.4, -0.2) is 13.1 Å². The van der Waals surface area contributed by atoms with E-state index in [2.05, 4.69) is 46.9 Å². The monoisotopic (exact) mass is 213 g/mol. The van der Waals surface area contributed by atoms with Gasteiger partial charge in [0.2, 0.25) is 0 Å². The van der Waals surface area contributed by atoms with Crippen LogP contribution in [0.4, 0.5) is 0 Å². The van der Waals surface area contributed by atoms with Crippen LogP contribution < -0.4 is 5.32 Å². The Morgan fingerprint density at radius 2 is 1.73 bits per heavy atom. The van der Waals surface area contributed by atoms with Crippen molar-refractivity contribution in [3.05, 3.63) is 0 Å². The van der Waals surface area contributed by atoms with Crippen LogP contribution in [0.3, 0.4) is 0 Å². The van der Waals surface area contributed by atoms with Gasteiger partial charge in [-0.15, -0.1) is 0 Å². The summed E-state index contributed by atoms with van der Waals surface area (Å²) < 4.78 is 0. The van der Waals surface area contributed by atoms with Crippen LogP contribution in [0.1, 0.15) is 60.8 Å². The van der Waals surface area contributed by atoms with Crippen LogP contribution in [0.5, 0.6) is 0 Å². The molecule has 0 fully saturated rings. The van der Waals surface area contributed by atoms with Crippen molar-refractivity contribution in [1.82, 2.24) is 5.32 Å². The molecule has 1 nitrogen and oxygen atoms in total. The van der Waals surface area contributed by atoms with E-state index < -0.39 is 0 Å². The van der Waals surface area contributed by atoms with Crippen molar-refractivity contribution < 1.29 is 0 Å². The third-order valence-electron chi connectivity index (χ3n) is 3.80. The summed E-state index contributed by atoms with van der Waals surface area (Å²) >= 11 is 0. The summed E-state index contributed by atoms with van der Waals surface area (Å²) in [6.07, 6.45) is 3.94. The lowest BCUT2D eigenvalue weighted by Gasteiger charge is -2.35. The molecule has 0 aliphatic heterocycles. The predicted molar refractivity (Wildman–Crippen MR) is 70.2 cm³/mol. The maximum atomic E-state index is 3.62. The Morgan fingerprint density at radius 3 is 2.13 bits per heavy atom. The Morgan fingerprint density at radius 1 is 1.13 bits per heavy atom. The van der Waals surface area contributed by atoms with Crippen molar-refractivity contribution in [2.75, 3.05) is 13.1 Å². The fourth-order valence-electron chi connectivity index (χ4n) is 2.08.